The summed E-state index contributed by atoms with van der Waals surface area (Å²) in [5.74, 6) is 2.93. The average Bonchev–Trinajstić information content (AvgIpc) is 3.62. The van der Waals surface area contributed by atoms with Gasteiger partial charge < -0.3 is 10.4 Å². The Labute approximate surface area is 213 Å². The van der Waals surface area contributed by atoms with Gasteiger partial charge in [0.25, 0.3) is 5.91 Å². The Morgan fingerprint density at radius 2 is 1.50 bits per heavy atom. The quantitative estimate of drug-likeness (QED) is 0.282. The minimum absolute atomic E-state index is 0.164. The summed E-state index contributed by atoms with van der Waals surface area (Å²) in [4.78, 5) is 13.2. The highest BCUT2D eigenvalue weighted by Gasteiger charge is 2.54. The summed E-state index contributed by atoms with van der Waals surface area (Å²) in [6.07, 6.45) is -9.69. The van der Waals surface area contributed by atoms with Crippen LogP contribution in [-0.2, 0) is 22.6 Å². The molecule has 1 unspecified atom stereocenters. The summed E-state index contributed by atoms with van der Waals surface area (Å²) in [5.41, 5.74) is -6.25. The SMILES string of the molecule is O=C(Nc1cccc(C(F)(F)F)c1)C(O)(C#Cc1ccccc1)CC1(c2cc(C(F)(F)F)ccc2F)CC1. The van der Waals surface area contributed by atoms with E-state index in [1.165, 1.54) is 6.07 Å². The van der Waals surface area contributed by atoms with Crippen LogP contribution in [0.1, 0.15) is 41.5 Å². The molecule has 0 bridgehead atoms. The number of alkyl halides is 6. The lowest BCUT2D eigenvalue weighted by atomic mass is 9.81. The highest BCUT2D eigenvalue weighted by molar-refractivity contribution is 6.00. The predicted molar refractivity (Wildman–Crippen MR) is 125 cm³/mol. The standard InChI is InChI=1S/C28H20F7NO2/c29-23-10-9-20(28(33,34)35)16-22(23)25(13-14-25)17-26(38,12-11-18-5-2-1-3-6-18)24(37)36-21-8-4-7-19(15-21)27(30,31)32/h1-10,15-16,38H,13-14,17H2,(H,36,37). The number of benzene rings is 3. The van der Waals surface area contributed by atoms with Gasteiger partial charge in [0.15, 0.2) is 0 Å². The van der Waals surface area contributed by atoms with Crippen LogP contribution in [-0.4, -0.2) is 16.6 Å². The first-order valence-corrected chi connectivity index (χ1v) is 11.4. The van der Waals surface area contributed by atoms with Crippen LogP contribution < -0.4 is 5.32 Å². The Hall–Kier alpha value is -3.84. The third kappa shape index (κ3) is 6.00. The molecular weight excluding hydrogens is 515 g/mol. The fraction of sp³-hybridized carbons (Fsp3) is 0.250. The van der Waals surface area contributed by atoms with Crippen LogP contribution in [0.4, 0.5) is 36.4 Å². The van der Waals surface area contributed by atoms with Crippen molar-refractivity contribution in [2.24, 2.45) is 0 Å². The minimum atomic E-state index is -4.75. The van der Waals surface area contributed by atoms with Gasteiger partial charge in [-0.05, 0) is 66.9 Å². The third-order valence-corrected chi connectivity index (χ3v) is 6.32. The first kappa shape index (κ1) is 27.2. The second-order valence-electron chi connectivity index (χ2n) is 9.16. The summed E-state index contributed by atoms with van der Waals surface area (Å²) in [7, 11) is 0. The summed E-state index contributed by atoms with van der Waals surface area (Å²) < 4.78 is 94.0. The lowest BCUT2D eigenvalue weighted by Crippen LogP contribution is -2.44. The van der Waals surface area contributed by atoms with Crippen LogP contribution in [0.2, 0.25) is 0 Å². The van der Waals surface area contributed by atoms with E-state index in [0.717, 1.165) is 12.1 Å². The van der Waals surface area contributed by atoms with Crippen molar-refractivity contribution in [1.29, 1.82) is 0 Å². The van der Waals surface area contributed by atoms with E-state index >= 15 is 0 Å². The van der Waals surface area contributed by atoms with Crippen LogP contribution in [0.25, 0.3) is 0 Å². The van der Waals surface area contributed by atoms with Crippen LogP contribution in [0.5, 0.6) is 0 Å². The second-order valence-corrected chi connectivity index (χ2v) is 9.16. The zero-order valence-corrected chi connectivity index (χ0v) is 19.6. The minimum Gasteiger partial charge on any atom is -0.369 e. The predicted octanol–water partition coefficient (Wildman–Crippen LogP) is 6.71. The monoisotopic (exact) mass is 535 g/mol. The lowest BCUT2D eigenvalue weighted by molar-refractivity contribution is -0.138. The molecule has 2 N–H and O–H groups in total. The highest BCUT2D eigenvalue weighted by Crippen LogP contribution is 2.55. The topological polar surface area (TPSA) is 49.3 Å². The lowest BCUT2D eigenvalue weighted by Gasteiger charge is -2.28. The maximum atomic E-state index is 14.7. The molecule has 1 amide bonds. The van der Waals surface area contributed by atoms with Crippen LogP contribution in [0.15, 0.2) is 72.8 Å². The normalized spacial score (nSPS) is 16.1. The van der Waals surface area contributed by atoms with Crippen molar-refractivity contribution in [1.82, 2.24) is 0 Å². The van der Waals surface area contributed by atoms with Crippen molar-refractivity contribution in [3.63, 3.8) is 0 Å². The zero-order chi connectivity index (χ0) is 27.8. The number of hydrogen-bond donors (Lipinski definition) is 2. The number of rotatable bonds is 5. The van der Waals surface area contributed by atoms with E-state index in [1.807, 2.05) is 0 Å². The summed E-state index contributed by atoms with van der Waals surface area (Å²) in [6.45, 7) is 0. The van der Waals surface area contributed by atoms with Crippen molar-refractivity contribution < 1.29 is 40.6 Å². The van der Waals surface area contributed by atoms with Crippen LogP contribution >= 0.6 is 0 Å². The molecule has 0 heterocycles. The van der Waals surface area contributed by atoms with Crippen molar-refractivity contribution in [3.05, 3.63) is 101 Å². The molecule has 10 heteroatoms. The summed E-state index contributed by atoms with van der Waals surface area (Å²) in [6, 6.07) is 13.8. The Balaban J connectivity index is 1.72. The van der Waals surface area contributed by atoms with E-state index in [9.17, 15) is 40.6 Å². The van der Waals surface area contributed by atoms with Crippen molar-refractivity contribution in [2.75, 3.05) is 5.32 Å². The maximum Gasteiger partial charge on any atom is 0.416 e. The number of hydrogen-bond acceptors (Lipinski definition) is 2. The Morgan fingerprint density at radius 3 is 2.11 bits per heavy atom. The first-order chi connectivity index (χ1) is 17.7. The molecule has 1 atom stereocenters. The molecule has 3 aromatic carbocycles. The zero-order valence-electron chi connectivity index (χ0n) is 19.6. The van der Waals surface area contributed by atoms with Gasteiger partial charge in [-0.1, -0.05) is 36.1 Å². The smallest absolute Gasteiger partial charge is 0.369 e. The maximum absolute atomic E-state index is 14.7. The van der Waals surface area contributed by atoms with Gasteiger partial charge in [-0.15, -0.1) is 0 Å². The molecule has 1 aliphatic rings. The molecule has 3 nitrogen and oxygen atoms in total. The Kier molecular flexibility index (Phi) is 7.01. The first-order valence-electron chi connectivity index (χ1n) is 11.4. The highest BCUT2D eigenvalue weighted by atomic mass is 19.4. The molecule has 1 saturated carbocycles. The Morgan fingerprint density at radius 1 is 0.868 bits per heavy atom. The third-order valence-electron chi connectivity index (χ3n) is 6.32. The van der Waals surface area contributed by atoms with Gasteiger partial charge in [0.1, 0.15) is 5.82 Å². The Bertz CT molecular complexity index is 1400. The molecule has 0 aromatic heterocycles. The van der Waals surface area contributed by atoms with Crippen molar-refractivity contribution in [2.45, 2.75) is 42.6 Å². The van der Waals surface area contributed by atoms with E-state index in [1.54, 1.807) is 30.3 Å². The van der Waals surface area contributed by atoms with Gasteiger partial charge in [-0.3, -0.25) is 4.79 Å². The van der Waals surface area contributed by atoms with E-state index in [4.69, 9.17) is 0 Å². The molecule has 198 valence electrons. The van der Waals surface area contributed by atoms with Gasteiger partial charge in [0.2, 0.25) is 5.60 Å². The van der Waals surface area contributed by atoms with Gasteiger partial charge >= 0.3 is 12.4 Å². The van der Waals surface area contributed by atoms with E-state index in [0.29, 0.717) is 29.8 Å². The number of nitrogens with one attached hydrogen (secondary N) is 1. The number of amides is 1. The molecule has 1 fully saturated rings. The molecule has 0 saturated heterocycles. The largest absolute Gasteiger partial charge is 0.416 e. The van der Waals surface area contributed by atoms with Gasteiger partial charge in [-0.2, -0.15) is 26.3 Å². The van der Waals surface area contributed by atoms with Crippen molar-refractivity contribution in [3.8, 4) is 11.8 Å². The molecule has 0 radical (unpaired) electrons. The molecule has 0 spiro atoms. The number of anilines is 1. The number of carbonyl (C=O) groups excluding carboxylic acids is 1. The van der Waals surface area contributed by atoms with Gasteiger partial charge in [-0.25, -0.2) is 4.39 Å². The molecule has 0 aliphatic heterocycles. The van der Waals surface area contributed by atoms with Gasteiger partial charge in [0.05, 0.1) is 11.1 Å². The van der Waals surface area contributed by atoms with E-state index in [-0.39, 0.29) is 24.1 Å². The van der Waals surface area contributed by atoms with Crippen LogP contribution in [0.3, 0.4) is 0 Å². The summed E-state index contributed by atoms with van der Waals surface area (Å²) in [5, 5.41) is 13.7. The number of halogens is 7. The average molecular weight is 535 g/mol. The number of aliphatic hydroxyl groups is 1. The van der Waals surface area contributed by atoms with E-state index < -0.39 is 52.6 Å². The fourth-order valence-electron chi connectivity index (χ4n) is 4.18. The molecular formula is C28H20F7NO2. The molecule has 38 heavy (non-hydrogen) atoms. The molecule has 3 aromatic rings. The van der Waals surface area contributed by atoms with Crippen LogP contribution in [0, 0.1) is 17.7 Å². The fourth-order valence-corrected chi connectivity index (χ4v) is 4.18. The van der Waals surface area contributed by atoms with Crippen molar-refractivity contribution >= 4 is 11.6 Å². The van der Waals surface area contributed by atoms with E-state index in [2.05, 4.69) is 17.2 Å². The molecule has 4 rings (SSSR count). The second kappa shape index (κ2) is 9.80. The summed E-state index contributed by atoms with van der Waals surface area (Å²) >= 11 is 0. The molecule has 1 aliphatic carbocycles. The number of carbonyl (C=O) groups is 1. The van der Waals surface area contributed by atoms with Gasteiger partial charge in [0, 0.05) is 23.1 Å².